The third-order valence-corrected chi connectivity index (χ3v) is 4.06. The molecule has 3 rings (SSSR count). The molecule has 1 aromatic carbocycles. The second kappa shape index (κ2) is 6.58. The van der Waals surface area contributed by atoms with E-state index in [9.17, 15) is 9.59 Å². The molecule has 1 aliphatic heterocycles. The van der Waals surface area contributed by atoms with Gasteiger partial charge in [-0.1, -0.05) is 18.2 Å². The van der Waals surface area contributed by atoms with Crippen molar-refractivity contribution in [2.75, 3.05) is 12.0 Å². The molecule has 1 aliphatic rings. The summed E-state index contributed by atoms with van der Waals surface area (Å²) >= 11 is 0.894. The van der Waals surface area contributed by atoms with Crippen molar-refractivity contribution in [1.82, 2.24) is 0 Å². The summed E-state index contributed by atoms with van der Waals surface area (Å²) in [6, 6.07) is 10.5. The van der Waals surface area contributed by atoms with Crippen molar-refractivity contribution < 1.29 is 18.7 Å². The van der Waals surface area contributed by atoms with Gasteiger partial charge in [0.15, 0.2) is 0 Å². The van der Waals surface area contributed by atoms with Gasteiger partial charge in [-0.15, -0.1) is 0 Å². The lowest BCUT2D eigenvalue weighted by Crippen LogP contribution is -2.28. The van der Waals surface area contributed by atoms with Crippen molar-refractivity contribution in [3.05, 3.63) is 65.5 Å². The number of nitrogens with zero attached hydrogens (tertiary/aromatic N) is 1. The van der Waals surface area contributed by atoms with Crippen LogP contribution in [0.5, 0.6) is 5.75 Å². The highest BCUT2D eigenvalue weighted by Gasteiger charge is 2.37. The Hall–Kier alpha value is -2.73. The van der Waals surface area contributed by atoms with E-state index in [0.29, 0.717) is 22.1 Å². The Morgan fingerprint density at radius 1 is 1.17 bits per heavy atom. The van der Waals surface area contributed by atoms with Crippen molar-refractivity contribution >= 4 is 34.7 Å². The number of amides is 2. The first-order chi connectivity index (χ1) is 11.2. The Kier molecular flexibility index (Phi) is 4.34. The number of carbonyl (C=O) groups excluding carboxylic acids is 2. The molecule has 6 heteroatoms. The van der Waals surface area contributed by atoms with E-state index in [2.05, 4.69) is 0 Å². The van der Waals surface area contributed by atoms with Crippen LogP contribution in [0.4, 0.5) is 10.5 Å². The van der Waals surface area contributed by atoms with Crippen LogP contribution in [0.2, 0.25) is 0 Å². The van der Waals surface area contributed by atoms with Crippen molar-refractivity contribution in [1.29, 1.82) is 0 Å². The molecule has 1 aromatic heterocycles. The number of imide groups is 1. The molecule has 23 heavy (non-hydrogen) atoms. The van der Waals surface area contributed by atoms with Crippen molar-refractivity contribution in [2.24, 2.45) is 0 Å². The van der Waals surface area contributed by atoms with Crippen LogP contribution in [0.3, 0.4) is 0 Å². The van der Waals surface area contributed by atoms with Gasteiger partial charge in [0.05, 0.1) is 24.0 Å². The molecule has 2 heterocycles. The molecule has 0 aliphatic carbocycles. The van der Waals surface area contributed by atoms with Gasteiger partial charge in [0.2, 0.25) is 0 Å². The summed E-state index contributed by atoms with van der Waals surface area (Å²) in [6.45, 7) is 0. The fourth-order valence-electron chi connectivity index (χ4n) is 2.12. The fourth-order valence-corrected chi connectivity index (χ4v) is 2.91. The number of benzene rings is 1. The average Bonchev–Trinajstić information content (AvgIpc) is 3.16. The van der Waals surface area contributed by atoms with Gasteiger partial charge in [-0.2, -0.15) is 0 Å². The number of carbonyl (C=O) groups is 2. The first kappa shape index (κ1) is 15.2. The van der Waals surface area contributed by atoms with Gasteiger partial charge in [-0.3, -0.25) is 9.59 Å². The van der Waals surface area contributed by atoms with Gasteiger partial charge < -0.3 is 9.15 Å². The molecular formula is C17H13NO4S. The van der Waals surface area contributed by atoms with Gasteiger partial charge >= 0.3 is 0 Å². The van der Waals surface area contributed by atoms with E-state index < -0.39 is 0 Å². The average molecular weight is 327 g/mol. The Balaban J connectivity index is 1.85. The Morgan fingerprint density at radius 2 is 2.00 bits per heavy atom. The van der Waals surface area contributed by atoms with Crippen LogP contribution < -0.4 is 9.64 Å². The van der Waals surface area contributed by atoms with Gasteiger partial charge in [0.25, 0.3) is 11.1 Å². The Bertz CT molecular complexity index is 793. The van der Waals surface area contributed by atoms with Crippen LogP contribution >= 0.6 is 11.8 Å². The number of hydrogen-bond acceptors (Lipinski definition) is 5. The fraction of sp³-hybridized carbons (Fsp3) is 0.0588. The quantitative estimate of drug-likeness (QED) is 0.792. The number of furan rings is 1. The SMILES string of the molecule is COc1ccccc1N1C(=O)S/C(=C/C=C/c2ccco2)C1=O. The van der Waals surface area contributed by atoms with E-state index in [1.807, 2.05) is 0 Å². The number of para-hydroxylation sites is 2. The molecular weight excluding hydrogens is 314 g/mol. The molecule has 0 saturated carbocycles. The smallest absolute Gasteiger partial charge is 0.298 e. The molecule has 0 radical (unpaired) electrons. The summed E-state index contributed by atoms with van der Waals surface area (Å²) in [4.78, 5) is 26.1. The molecule has 0 unspecified atom stereocenters. The van der Waals surface area contributed by atoms with Crippen LogP contribution in [0.15, 0.2) is 64.1 Å². The Morgan fingerprint density at radius 3 is 2.74 bits per heavy atom. The molecule has 0 bridgehead atoms. The summed E-state index contributed by atoms with van der Waals surface area (Å²) in [5, 5.41) is -0.350. The molecule has 5 nitrogen and oxygen atoms in total. The lowest BCUT2D eigenvalue weighted by atomic mass is 10.2. The predicted octanol–water partition coefficient (Wildman–Crippen LogP) is 4.09. The number of thioether (sulfide) groups is 1. The molecule has 2 amide bonds. The maximum Gasteiger partial charge on any atom is 0.298 e. The molecule has 116 valence electrons. The van der Waals surface area contributed by atoms with E-state index in [4.69, 9.17) is 9.15 Å². The number of methoxy groups -OCH3 is 1. The van der Waals surface area contributed by atoms with Crippen LogP contribution in [0.1, 0.15) is 5.76 Å². The standard InChI is InChI=1S/C17H13NO4S/c1-21-14-9-3-2-8-13(14)18-16(19)15(23-17(18)20)10-4-6-12-7-5-11-22-12/h2-11H,1H3/b6-4+,15-10+. The minimum Gasteiger partial charge on any atom is -0.495 e. The van der Waals surface area contributed by atoms with E-state index in [1.165, 1.54) is 7.11 Å². The van der Waals surface area contributed by atoms with Crippen LogP contribution in [-0.4, -0.2) is 18.3 Å². The normalized spacial score (nSPS) is 16.7. The number of rotatable bonds is 4. The highest BCUT2D eigenvalue weighted by atomic mass is 32.2. The molecule has 0 atom stereocenters. The second-order valence-electron chi connectivity index (χ2n) is 4.59. The molecule has 2 aromatic rings. The predicted molar refractivity (Wildman–Crippen MR) is 89.3 cm³/mol. The minimum atomic E-state index is -0.367. The van der Waals surface area contributed by atoms with E-state index in [1.54, 1.807) is 60.9 Å². The zero-order valence-electron chi connectivity index (χ0n) is 12.3. The van der Waals surface area contributed by atoms with Gasteiger partial charge in [0.1, 0.15) is 11.5 Å². The second-order valence-corrected chi connectivity index (χ2v) is 5.58. The maximum atomic E-state index is 12.5. The molecule has 1 fully saturated rings. The summed E-state index contributed by atoms with van der Waals surface area (Å²) in [5.41, 5.74) is 0.441. The summed E-state index contributed by atoms with van der Waals surface area (Å²) in [7, 11) is 1.50. The summed E-state index contributed by atoms with van der Waals surface area (Å²) < 4.78 is 10.4. The molecule has 0 spiro atoms. The zero-order chi connectivity index (χ0) is 16.2. The third kappa shape index (κ3) is 3.07. The van der Waals surface area contributed by atoms with Crippen molar-refractivity contribution in [3.8, 4) is 5.75 Å². The number of ether oxygens (including phenoxy) is 1. The van der Waals surface area contributed by atoms with Crippen molar-refractivity contribution in [3.63, 3.8) is 0 Å². The van der Waals surface area contributed by atoms with E-state index in [-0.39, 0.29) is 11.1 Å². The largest absolute Gasteiger partial charge is 0.495 e. The molecule has 1 saturated heterocycles. The Labute approximate surface area is 137 Å². The number of anilines is 1. The van der Waals surface area contributed by atoms with Crippen LogP contribution in [0, 0.1) is 0 Å². The van der Waals surface area contributed by atoms with E-state index >= 15 is 0 Å². The van der Waals surface area contributed by atoms with Crippen LogP contribution in [0.25, 0.3) is 6.08 Å². The zero-order valence-corrected chi connectivity index (χ0v) is 13.1. The van der Waals surface area contributed by atoms with Gasteiger partial charge in [-0.05, 0) is 48.2 Å². The van der Waals surface area contributed by atoms with Crippen molar-refractivity contribution in [2.45, 2.75) is 0 Å². The number of allylic oxidation sites excluding steroid dienone is 2. The lowest BCUT2D eigenvalue weighted by molar-refractivity contribution is -0.113. The molecule has 0 N–H and O–H groups in total. The topological polar surface area (TPSA) is 59.8 Å². The summed E-state index contributed by atoms with van der Waals surface area (Å²) in [6.07, 6.45) is 6.56. The maximum absolute atomic E-state index is 12.5. The summed E-state index contributed by atoms with van der Waals surface area (Å²) in [5.74, 6) is 0.779. The van der Waals surface area contributed by atoms with E-state index in [0.717, 1.165) is 16.7 Å². The minimum absolute atomic E-state index is 0.350. The lowest BCUT2D eigenvalue weighted by Gasteiger charge is -2.15. The van der Waals surface area contributed by atoms with Gasteiger partial charge in [0, 0.05) is 0 Å². The highest BCUT2D eigenvalue weighted by Crippen LogP contribution is 2.38. The third-order valence-electron chi connectivity index (χ3n) is 3.17. The highest BCUT2D eigenvalue weighted by molar-refractivity contribution is 8.18. The first-order valence-corrected chi connectivity index (χ1v) is 7.63. The first-order valence-electron chi connectivity index (χ1n) is 6.82. The number of hydrogen-bond donors (Lipinski definition) is 0. The van der Waals surface area contributed by atoms with Crippen LogP contribution in [-0.2, 0) is 4.79 Å². The van der Waals surface area contributed by atoms with Gasteiger partial charge in [-0.25, -0.2) is 4.90 Å². The monoisotopic (exact) mass is 327 g/mol.